The lowest BCUT2D eigenvalue weighted by molar-refractivity contribution is -0.146. The van der Waals surface area contributed by atoms with E-state index in [1.54, 1.807) is 51.9 Å². The van der Waals surface area contributed by atoms with Crippen LogP contribution in [-0.2, 0) is 11.3 Å². The van der Waals surface area contributed by atoms with E-state index in [-0.39, 0.29) is 30.0 Å². The Labute approximate surface area is 212 Å². The molecule has 0 saturated carbocycles. The van der Waals surface area contributed by atoms with Crippen LogP contribution in [0.5, 0.6) is 5.75 Å². The van der Waals surface area contributed by atoms with Crippen molar-refractivity contribution in [2.45, 2.75) is 38.5 Å². The van der Waals surface area contributed by atoms with Crippen LogP contribution < -0.4 is 16.0 Å². The third kappa shape index (κ3) is 4.62. The number of carbonyl (C=O) groups excluding carboxylic acids is 1. The van der Waals surface area contributed by atoms with Crippen molar-refractivity contribution in [1.82, 2.24) is 34.4 Å². The van der Waals surface area contributed by atoms with Crippen molar-refractivity contribution in [3.63, 3.8) is 0 Å². The molecule has 192 valence electrons. The number of nitrogens with zero attached hydrogens (tertiary/aromatic N) is 7. The molecule has 1 aliphatic rings. The number of anilines is 1. The molecule has 0 radical (unpaired) electrons. The summed E-state index contributed by atoms with van der Waals surface area (Å²) in [5.74, 6) is 0.311. The molecule has 37 heavy (non-hydrogen) atoms. The van der Waals surface area contributed by atoms with E-state index < -0.39 is 5.60 Å². The first-order valence-electron chi connectivity index (χ1n) is 11.9. The Kier molecular flexibility index (Phi) is 6.12. The van der Waals surface area contributed by atoms with Crippen molar-refractivity contribution in [2.75, 3.05) is 25.9 Å². The van der Waals surface area contributed by atoms with E-state index in [0.717, 1.165) is 0 Å². The second-order valence-corrected chi connectivity index (χ2v) is 9.59. The number of ether oxygens (including phenoxy) is 1. The minimum Gasteiger partial charge on any atom is -0.494 e. The Bertz CT molecular complexity index is 1540. The van der Waals surface area contributed by atoms with E-state index in [0.29, 0.717) is 53.1 Å². The lowest BCUT2D eigenvalue weighted by atomic mass is 10.1. The lowest BCUT2D eigenvalue weighted by Gasteiger charge is -2.24. The van der Waals surface area contributed by atoms with Gasteiger partial charge in [-0.3, -0.25) is 9.59 Å². The van der Waals surface area contributed by atoms with Gasteiger partial charge >= 0.3 is 0 Å². The van der Waals surface area contributed by atoms with Crippen molar-refractivity contribution < 1.29 is 14.6 Å². The molecule has 1 saturated heterocycles. The molecule has 0 aliphatic carbocycles. The van der Waals surface area contributed by atoms with Crippen LogP contribution >= 0.6 is 0 Å². The summed E-state index contributed by atoms with van der Waals surface area (Å²) in [6, 6.07) is 8.86. The summed E-state index contributed by atoms with van der Waals surface area (Å²) in [5.41, 5.74) is 6.44. The predicted molar refractivity (Wildman–Crippen MR) is 136 cm³/mol. The van der Waals surface area contributed by atoms with E-state index in [1.807, 2.05) is 12.1 Å². The van der Waals surface area contributed by atoms with Crippen molar-refractivity contribution in [2.24, 2.45) is 0 Å². The van der Waals surface area contributed by atoms with Gasteiger partial charge in [0, 0.05) is 30.2 Å². The van der Waals surface area contributed by atoms with Crippen LogP contribution in [0.15, 0.2) is 47.5 Å². The molecular formula is C25H28N8O4. The average molecular weight is 505 g/mol. The Hall–Kier alpha value is -4.32. The molecule has 1 aliphatic heterocycles. The second kappa shape index (κ2) is 9.28. The highest BCUT2D eigenvalue weighted by atomic mass is 16.5. The molecule has 12 nitrogen and oxygen atoms in total. The molecule has 1 unspecified atom stereocenters. The third-order valence-electron chi connectivity index (χ3n) is 6.46. The van der Waals surface area contributed by atoms with Gasteiger partial charge in [0.1, 0.15) is 28.3 Å². The van der Waals surface area contributed by atoms with Gasteiger partial charge in [-0.25, -0.2) is 14.6 Å². The molecule has 1 amide bonds. The number of nitrogens with two attached hydrogens (primary N) is 1. The molecule has 1 aromatic carbocycles. The minimum absolute atomic E-state index is 0.0844. The Balaban J connectivity index is 1.40. The molecule has 4 aromatic rings. The predicted octanol–water partition coefficient (Wildman–Crippen LogP) is 1.23. The molecule has 5 rings (SSSR count). The van der Waals surface area contributed by atoms with Crippen LogP contribution in [0.4, 0.5) is 5.95 Å². The van der Waals surface area contributed by atoms with Crippen LogP contribution in [0.1, 0.15) is 31.9 Å². The van der Waals surface area contributed by atoms with E-state index in [9.17, 15) is 14.7 Å². The molecule has 3 aromatic heterocycles. The Morgan fingerprint density at radius 3 is 2.81 bits per heavy atom. The number of hydrogen-bond acceptors (Lipinski definition) is 9. The van der Waals surface area contributed by atoms with E-state index >= 15 is 0 Å². The molecule has 12 heteroatoms. The van der Waals surface area contributed by atoms with Crippen LogP contribution in [0.3, 0.4) is 0 Å². The number of aliphatic hydroxyl groups is 1. The fraction of sp³-hybridized carbons (Fsp3) is 0.360. The summed E-state index contributed by atoms with van der Waals surface area (Å²) in [6.45, 7) is 3.99. The zero-order valence-corrected chi connectivity index (χ0v) is 20.8. The quantitative estimate of drug-likeness (QED) is 0.394. The van der Waals surface area contributed by atoms with Crippen molar-refractivity contribution in [3.8, 4) is 17.1 Å². The number of hydrogen-bond donors (Lipinski definition) is 2. The van der Waals surface area contributed by atoms with E-state index in [2.05, 4.69) is 20.3 Å². The van der Waals surface area contributed by atoms with Gasteiger partial charge < -0.3 is 25.0 Å². The highest BCUT2D eigenvalue weighted by molar-refractivity contribution is 5.95. The fourth-order valence-corrected chi connectivity index (χ4v) is 4.67. The van der Waals surface area contributed by atoms with Gasteiger partial charge in [-0.15, -0.1) is 5.10 Å². The number of fused-ring (bicyclic) bond motifs is 1. The molecule has 1 atom stereocenters. The summed E-state index contributed by atoms with van der Waals surface area (Å²) >= 11 is 0. The summed E-state index contributed by atoms with van der Waals surface area (Å²) in [7, 11) is 1.56. The van der Waals surface area contributed by atoms with Crippen LogP contribution in [-0.4, -0.2) is 71.2 Å². The number of nitrogen functional groups attached to an aromatic ring is 1. The number of amides is 1. The normalized spacial score (nSPS) is 15.9. The molecule has 4 heterocycles. The lowest BCUT2D eigenvalue weighted by Crippen LogP contribution is -2.44. The van der Waals surface area contributed by atoms with Crippen molar-refractivity contribution >= 4 is 22.8 Å². The number of aromatic nitrogens is 6. The van der Waals surface area contributed by atoms with Gasteiger partial charge in [0.25, 0.3) is 11.5 Å². The Morgan fingerprint density at radius 2 is 2.05 bits per heavy atom. The van der Waals surface area contributed by atoms with Crippen molar-refractivity contribution in [1.29, 1.82) is 0 Å². The van der Waals surface area contributed by atoms with Crippen LogP contribution in [0.2, 0.25) is 0 Å². The van der Waals surface area contributed by atoms with E-state index in [4.69, 9.17) is 10.5 Å². The maximum atomic E-state index is 13.3. The second-order valence-electron chi connectivity index (χ2n) is 9.59. The first kappa shape index (κ1) is 24.4. The van der Waals surface area contributed by atoms with Gasteiger partial charge in [0.2, 0.25) is 5.95 Å². The maximum absolute atomic E-state index is 13.3. The van der Waals surface area contributed by atoms with Crippen molar-refractivity contribution in [3.05, 3.63) is 58.6 Å². The van der Waals surface area contributed by atoms with E-state index in [1.165, 1.54) is 13.8 Å². The molecule has 3 N–H and O–H groups in total. The largest absolute Gasteiger partial charge is 0.494 e. The highest BCUT2D eigenvalue weighted by Gasteiger charge is 2.35. The number of likely N-dealkylation sites (tertiary alicyclic amines) is 1. The smallest absolute Gasteiger partial charge is 0.255 e. The monoisotopic (exact) mass is 504 g/mol. The number of rotatable bonds is 6. The zero-order valence-electron chi connectivity index (χ0n) is 20.8. The van der Waals surface area contributed by atoms with Gasteiger partial charge in [0.05, 0.1) is 25.9 Å². The maximum Gasteiger partial charge on any atom is 0.255 e. The van der Waals surface area contributed by atoms with Gasteiger partial charge in [0.15, 0.2) is 0 Å². The molecule has 0 bridgehead atoms. The fourth-order valence-electron chi connectivity index (χ4n) is 4.67. The number of methoxy groups -OCH3 is 1. The van der Waals surface area contributed by atoms with Gasteiger partial charge in [-0.05, 0) is 32.4 Å². The number of benzene rings is 1. The number of carbonyl (C=O) groups is 1. The third-order valence-corrected chi connectivity index (χ3v) is 6.46. The zero-order chi connectivity index (χ0) is 26.3. The van der Waals surface area contributed by atoms with Crippen LogP contribution in [0.25, 0.3) is 22.3 Å². The first-order chi connectivity index (χ1) is 17.7. The standard InChI is InChI=1S/C25H28N8O4/c1-25(2,36)23(35)31-11-9-16(13-31)33-10-5-6-15(22(33)34)12-32-14-18(29-30-32)20-17-7-4-8-19(37-3)21(17)28-24(26)27-20/h4-8,10,14,16,36H,9,11-13H2,1-3H3,(H2,26,27,28). The summed E-state index contributed by atoms with van der Waals surface area (Å²) in [6.07, 6.45) is 4.06. The molecule has 1 fully saturated rings. The summed E-state index contributed by atoms with van der Waals surface area (Å²) < 4.78 is 8.62. The molecular weight excluding hydrogens is 476 g/mol. The van der Waals surface area contributed by atoms with Crippen LogP contribution in [0, 0.1) is 0 Å². The topological polar surface area (TPSA) is 154 Å². The number of pyridine rings is 1. The SMILES string of the molecule is COc1cccc2c(-c3cn(Cc4cccn(C5CCN(C(=O)C(C)(C)O)C5)c4=O)nn3)nc(N)nc12. The summed E-state index contributed by atoms with van der Waals surface area (Å²) in [5, 5.41) is 19.2. The summed E-state index contributed by atoms with van der Waals surface area (Å²) in [4.78, 5) is 36.0. The number of para-hydroxylation sites is 1. The Morgan fingerprint density at radius 1 is 1.24 bits per heavy atom. The highest BCUT2D eigenvalue weighted by Crippen LogP contribution is 2.30. The van der Waals surface area contributed by atoms with Gasteiger partial charge in [-0.2, -0.15) is 0 Å². The average Bonchev–Trinajstić information content (AvgIpc) is 3.53. The first-order valence-corrected chi connectivity index (χ1v) is 11.9. The minimum atomic E-state index is -1.45. The molecule has 0 spiro atoms. The van der Waals surface area contributed by atoms with Gasteiger partial charge in [-0.1, -0.05) is 23.4 Å².